The number of nitrogens with zero attached hydrogens (tertiary/aromatic N) is 1. The van der Waals surface area contributed by atoms with Crippen LogP contribution >= 0.6 is 0 Å². The van der Waals surface area contributed by atoms with E-state index in [0.717, 1.165) is 6.07 Å². The van der Waals surface area contributed by atoms with E-state index in [1.165, 1.54) is 19.2 Å². The van der Waals surface area contributed by atoms with Crippen molar-refractivity contribution < 1.29 is 23.5 Å². The Morgan fingerprint density at radius 2 is 2.00 bits per heavy atom. The summed E-state index contributed by atoms with van der Waals surface area (Å²) in [7, 11) is 1.33. The molecule has 0 unspecified atom stereocenters. The summed E-state index contributed by atoms with van der Waals surface area (Å²) in [5, 5.41) is 7.21. The highest BCUT2D eigenvalue weighted by atomic mass is 19.1. The monoisotopic (exact) mass is 328 g/mol. The van der Waals surface area contributed by atoms with Crippen molar-refractivity contribution in [3.63, 3.8) is 0 Å². The Labute approximate surface area is 136 Å². The van der Waals surface area contributed by atoms with Gasteiger partial charge in [0.25, 0.3) is 0 Å². The first kappa shape index (κ1) is 15.7. The van der Waals surface area contributed by atoms with Crippen LogP contribution in [0.5, 0.6) is 5.75 Å². The molecule has 0 saturated carbocycles. The Morgan fingerprint density at radius 1 is 1.21 bits per heavy atom. The topological polar surface area (TPSA) is 81.3 Å². The summed E-state index contributed by atoms with van der Waals surface area (Å²) in [5.74, 6) is -1.88. The summed E-state index contributed by atoms with van der Waals surface area (Å²) < 4.78 is 23.4. The molecule has 2 aromatic carbocycles. The average molecular weight is 328 g/mol. The molecule has 3 aromatic rings. The zero-order chi connectivity index (χ0) is 17.1. The molecule has 1 aromatic heterocycles. The first-order chi connectivity index (χ1) is 11.6. The number of carbonyl (C=O) groups is 2. The molecule has 1 heterocycles. The van der Waals surface area contributed by atoms with Crippen molar-refractivity contribution >= 4 is 22.7 Å². The number of ketones is 1. The van der Waals surface area contributed by atoms with Gasteiger partial charge in [-0.15, -0.1) is 0 Å². The lowest BCUT2D eigenvalue weighted by atomic mass is 10.1. The molecule has 24 heavy (non-hydrogen) atoms. The predicted molar refractivity (Wildman–Crippen MR) is 83.7 cm³/mol. The molecular weight excluding hydrogens is 315 g/mol. The van der Waals surface area contributed by atoms with Crippen molar-refractivity contribution in [1.29, 1.82) is 0 Å². The number of H-pyrrole nitrogens is 1. The van der Waals surface area contributed by atoms with Crippen LogP contribution in [-0.4, -0.2) is 35.7 Å². The number of aromatic amines is 1. The molecule has 0 aliphatic carbocycles. The zero-order valence-corrected chi connectivity index (χ0v) is 12.7. The van der Waals surface area contributed by atoms with E-state index in [1.54, 1.807) is 24.3 Å². The van der Waals surface area contributed by atoms with Crippen molar-refractivity contribution in [3.8, 4) is 5.75 Å². The number of halogens is 1. The molecule has 1 N–H and O–H groups in total. The van der Waals surface area contributed by atoms with Gasteiger partial charge in [-0.3, -0.25) is 9.89 Å². The van der Waals surface area contributed by atoms with Crippen molar-refractivity contribution in [2.45, 2.75) is 0 Å². The summed E-state index contributed by atoms with van der Waals surface area (Å²) in [6, 6.07) is 10.8. The Hall–Kier alpha value is -3.22. The van der Waals surface area contributed by atoms with Gasteiger partial charge in [0, 0.05) is 10.9 Å². The maximum atomic E-state index is 13.6. The molecule has 0 fully saturated rings. The number of nitrogens with one attached hydrogen (secondary N) is 1. The summed E-state index contributed by atoms with van der Waals surface area (Å²) in [4.78, 5) is 24.1. The minimum absolute atomic E-state index is 0.0338. The maximum absolute atomic E-state index is 13.6. The van der Waals surface area contributed by atoms with Gasteiger partial charge in [-0.1, -0.05) is 18.2 Å². The van der Waals surface area contributed by atoms with Crippen LogP contribution in [0.3, 0.4) is 0 Å². The number of aromatic nitrogens is 2. The Morgan fingerprint density at radius 3 is 2.75 bits per heavy atom. The highest BCUT2D eigenvalue weighted by Gasteiger charge is 2.18. The van der Waals surface area contributed by atoms with Gasteiger partial charge in [-0.05, 0) is 24.3 Å². The number of ether oxygens (including phenoxy) is 2. The third-order valence-electron chi connectivity index (χ3n) is 3.47. The minimum atomic E-state index is -0.727. The highest BCUT2D eigenvalue weighted by Crippen LogP contribution is 2.19. The quantitative estimate of drug-likeness (QED) is 0.575. The van der Waals surface area contributed by atoms with Gasteiger partial charge >= 0.3 is 5.97 Å². The Kier molecular flexibility index (Phi) is 4.24. The first-order valence-corrected chi connectivity index (χ1v) is 7.07. The molecule has 0 bridgehead atoms. The smallest absolute Gasteiger partial charge is 0.359 e. The van der Waals surface area contributed by atoms with Gasteiger partial charge in [-0.2, -0.15) is 5.10 Å². The molecule has 0 aliphatic heterocycles. The van der Waals surface area contributed by atoms with Crippen LogP contribution in [0.1, 0.15) is 20.8 Å². The fourth-order valence-electron chi connectivity index (χ4n) is 2.24. The fourth-order valence-corrected chi connectivity index (χ4v) is 2.24. The van der Waals surface area contributed by atoms with Gasteiger partial charge in [-0.25, -0.2) is 9.18 Å². The number of fused-ring (bicyclic) bond motifs is 1. The van der Waals surface area contributed by atoms with Crippen LogP contribution in [0.25, 0.3) is 10.9 Å². The van der Waals surface area contributed by atoms with Gasteiger partial charge < -0.3 is 9.47 Å². The number of esters is 1. The third-order valence-corrected chi connectivity index (χ3v) is 3.47. The lowest BCUT2D eigenvalue weighted by molar-refractivity contribution is 0.0470. The summed E-state index contributed by atoms with van der Waals surface area (Å²) in [6.45, 7) is -0.508. The third kappa shape index (κ3) is 2.96. The van der Waals surface area contributed by atoms with Crippen LogP contribution in [0.2, 0.25) is 0 Å². The van der Waals surface area contributed by atoms with Crippen LogP contribution in [0.15, 0.2) is 42.5 Å². The molecule has 0 aliphatic rings. The summed E-state index contributed by atoms with van der Waals surface area (Å²) in [6.07, 6.45) is 0. The van der Waals surface area contributed by atoms with Crippen molar-refractivity contribution in [1.82, 2.24) is 10.2 Å². The highest BCUT2D eigenvalue weighted by molar-refractivity contribution is 6.03. The van der Waals surface area contributed by atoms with Crippen molar-refractivity contribution in [2.75, 3.05) is 13.7 Å². The SMILES string of the molecule is COc1ccc(C(=O)COC(=O)c2n[nH]c3ccccc23)cc1F. The van der Waals surface area contributed by atoms with E-state index in [9.17, 15) is 14.0 Å². The van der Waals surface area contributed by atoms with Gasteiger partial charge in [0.2, 0.25) is 0 Å². The molecule has 3 rings (SSSR count). The number of Topliss-reactive ketones (excluding diaryl/α,β-unsaturated/α-hetero) is 1. The standard InChI is InChI=1S/C17H13FN2O4/c1-23-15-7-6-10(8-12(15)18)14(21)9-24-17(22)16-11-4-2-3-5-13(11)19-20-16/h2-8H,9H2,1H3,(H,19,20). The Bertz CT molecular complexity index is 920. The van der Waals surface area contributed by atoms with Crippen LogP contribution < -0.4 is 4.74 Å². The molecule has 0 radical (unpaired) electrons. The number of benzene rings is 2. The second-order valence-corrected chi connectivity index (χ2v) is 4.97. The number of methoxy groups -OCH3 is 1. The largest absolute Gasteiger partial charge is 0.494 e. The van der Waals surface area contributed by atoms with Crippen molar-refractivity contribution in [3.05, 3.63) is 59.5 Å². The van der Waals surface area contributed by atoms with E-state index in [2.05, 4.69) is 10.2 Å². The lowest BCUT2D eigenvalue weighted by Gasteiger charge is -2.05. The minimum Gasteiger partial charge on any atom is -0.494 e. The number of rotatable bonds is 5. The predicted octanol–water partition coefficient (Wildman–Crippen LogP) is 2.75. The van der Waals surface area contributed by atoms with Crippen LogP contribution in [-0.2, 0) is 4.74 Å². The molecular formula is C17H13FN2O4. The fraction of sp³-hybridized carbons (Fsp3) is 0.118. The van der Waals surface area contributed by atoms with E-state index in [1.807, 2.05) is 0 Å². The van der Waals surface area contributed by atoms with E-state index in [4.69, 9.17) is 9.47 Å². The van der Waals surface area contributed by atoms with Crippen LogP contribution in [0.4, 0.5) is 4.39 Å². The number of hydrogen-bond acceptors (Lipinski definition) is 5. The molecule has 7 heteroatoms. The van der Waals surface area contributed by atoms with Gasteiger partial charge in [0.05, 0.1) is 12.6 Å². The molecule has 0 spiro atoms. The van der Waals surface area contributed by atoms with E-state index in [-0.39, 0.29) is 17.0 Å². The van der Waals surface area contributed by atoms with Gasteiger partial charge in [0.15, 0.2) is 29.7 Å². The number of hydrogen-bond donors (Lipinski definition) is 1. The second-order valence-electron chi connectivity index (χ2n) is 4.97. The zero-order valence-electron chi connectivity index (χ0n) is 12.7. The lowest BCUT2D eigenvalue weighted by Crippen LogP contribution is -2.15. The second kappa shape index (κ2) is 6.49. The number of carbonyl (C=O) groups excluding carboxylic acids is 2. The normalized spacial score (nSPS) is 10.6. The Balaban J connectivity index is 1.70. The average Bonchev–Trinajstić information content (AvgIpc) is 3.03. The van der Waals surface area contributed by atoms with E-state index >= 15 is 0 Å². The first-order valence-electron chi connectivity index (χ1n) is 7.07. The molecule has 0 saturated heterocycles. The summed E-state index contributed by atoms with van der Waals surface area (Å²) >= 11 is 0. The molecule has 122 valence electrons. The van der Waals surface area contributed by atoms with Crippen LogP contribution in [0, 0.1) is 5.82 Å². The molecule has 6 nitrogen and oxygen atoms in total. The van der Waals surface area contributed by atoms with E-state index < -0.39 is 24.2 Å². The van der Waals surface area contributed by atoms with Gasteiger partial charge in [0.1, 0.15) is 0 Å². The molecule has 0 amide bonds. The molecule has 0 atom stereocenters. The van der Waals surface area contributed by atoms with E-state index in [0.29, 0.717) is 10.9 Å². The summed E-state index contributed by atoms with van der Waals surface area (Å²) in [5.41, 5.74) is 0.875. The van der Waals surface area contributed by atoms with Crippen molar-refractivity contribution in [2.24, 2.45) is 0 Å². The number of para-hydroxylation sites is 1. The maximum Gasteiger partial charge on any atom is 0.359 e.